The summed E-state index contributed by atoms with van der Waals surface area (Å²) in [5, 5.41) is 0.241. The van der Waals surface area contributed by atoms with Crippen LogP contribution in [0.15, 0.2) is 16.6 Å². The molecule has 22 heavy (non-hydrogen) atoms. The van der Waals surface area contributed by atoms with Gasteiger partial charge in [0.15, 0.2) is 5.01 Å². The molecule has 1 aliphatic heterocycles. The van der Waals surface area contributed by atoms with Gasteiger partial charge in [0, 0.05) is 11.6 Å². The lowest BCUT2D eigenvalue weighted by Gasteiger charge is -2.21. The Kier molecular flexibility index (Phi) is 3.92. The first-order chi connectivity index (χ1) is 10.4. The van der Waals surface area contributed by atoms with Crippen LogP contribution in [0.1, 0.15) is 20.7 Å². The average molecular weight is 386 g/mol. The third kappa shape index (κ3) is 2.51. The fourth-order valence-corrected chi connectivity index (χ4v) is 3.77. The van der Waals surface area contributed by atoms with Crippen molar-refractivity contribution >= 4 is 33.2 Å². The topological polar surface area (TPSA) is 68.4 Å². The SMILES string of the molecule is CN(C)C1COc2cc(F)c(Br)cc2-c2nc(C(N)=O)sc21. The van der Waals surface area contributed by atoms with Crippen LogP contribution in [0.5, 0.6) is 5.75 Å². The van der Waals surface area contributed by atoms with Crippen LogP contribution in [0.4, 0.5) is 4.39 Å². The number of carbonyl (C=O) groups is 1. The van der Waals surface area contributed by atoms with Crippen molar-refractivity contribution in [1.29, 1.82) is 0 Å². The lowest BCUT2D eigenvalue weighted by Crippen LogP contribution is -2.24. The van der Waals surface area contributed by atoms with Crippen molar-refractivity contribution in [2.75, 3.05) is 20.7 Å². The predicted octanol–water partition coefficient (Wildman–Crippen LogP) is 2.81. The van der Waals surface area contributed by atoms with E-state index in [9.17, 15) is 9.18 Å². The number of amides is 1. The highest BCUT2D eigenvalue weighted by Gasteiger charge is 2.30. The lowest BCUT2D eigenvalue weighted by atomic mass is 10.1. The molecule has 1 aliphatic rings. The van der Waals surface area contributed by atoms with Gasteiger partial charge in [0.25, 0.3) is 5.91 Å². The Bertz CT molecular complexity index is 763. The largest absolute Gasteiger partial charge is 0.491 e. The highest BCUT2D eigenvalue weighted by molar-refractivity contribution is 9.10. The molecule has 0 bridgehead atoms. The van der Waals surface area contributed by atoms with E-state index in [2.05, 4.69) is 20.9 Å². The zero-order chi connectivity index (χ0) is 16.0. The molecule has 1 amide bonds. The Morgan fingerprint density at radius 1 is 1.55 bits per heavy atom. The first kappa shape index (κ1) is 15.4. The number of fused-ring (bicyclic) bond motifs is 3. The molecule has 0 aliphatic carbocycles. The standard InChI is InChI=1S/C14H13BrFN3O2S/c1-19(2)9-5-21-10-4-8(16)7(15)3-6(10)11-12(9)22-14(18-11)13(17)20/h3-4,9H,5H2,1-2H3,(H2,17,20). The highest BCUT2D eigenvalue weighted by Crippen LogP contribution is 2.43. The number of thiazole rings is 1. The summed E-state index contributed by atoms with van der Waals surface area (Å²) < 4.78 is 19.8. The molecule has 0 radical (unpaired) electrons. The monoisotopic (exact) mass is 385 g/mol. The van der Waals surface area contributed by atoms with Crippen LogP contribution in [0, 0.1) is 5.82 Å². The van der Waals surface area contributed by atoms with Gasteiger partial charge in [-0.25, -0.2) is 9.37 Å². The summed E-state index contributed by atoms with van der Waals surface area (Å²) in [6, 6.07) is 2.85. The van der Waals surface area contributed by atoms with Crippen molar-refractivity contribution in [3.8, 4) is 17.0 Å². The average Bonchev–Trinajstić information content (AvgIpc) is 2.81. The summed E-state index contributed by atoms with van der Waals surface area (Å²) >= 11 is 4.42. The Morgan fingerprint density at radius 2 is 2.27 bits per heavy atom. The molecule has 0 fully saturated rings. The molecular weight excluding hydrogens is 373 g/mol. The first-order valence-corrected chi connectivity index (χ1v) is 8.08. The number of hydrogen-bond acceptors (Lipinski definition) is 5. The minimum absolute atomic E-state index is 0.0881. The van der Waals surface area contributed by atoms with Crippen molar-refractivity contribution in [2.24, 2.45) is 5.73 Å². The second-order valence-corrected chi connectivity index (χ2v) is 7.03. The molecule has 5 nitrogen and oxygen atoms in total. The predicted molar refractivity (Wildman–Crippen MR) is 85.6 cm³/mol. The van der Waals surface area contributed by atoms with E-state index >= 15 is 0 Å². The molecule has 0 saturated heterocycles. The molecule has 3 rings (SSSR count). The van der Waals surface area contributed by atoms with Gasteiger partial charge in [-0.15, -0.1) is 11.3 Å². The molecule has 1 aromatic heterocycles. The van der Waals surface area contributed by atoms with E-state index in [1.165, 1.54) is 17.4 Å². The summed E-state index contributed by atoms with van der Waals surface area (Å²) in [4.78, 5) is 18.7. The normalized spacial score (nSPS) is 16.7. The first-order valence-electron chi connectivity index (χ1n) is 6.47. The maximum absolute atomic E-state index is 13.8. The summed E-state index contributed by atoms with van der Waals surface area (Å²) in [7, 11) is 3.82. The second kappa shape index (κ2) is 5.60. The number of rotatable bonds is 2. The number of primary amides is 1. The number of nitrogens with zero attached hydrogens (tertiary/aromatic N) is 2. The lowest BCUT2D eigenvalue weighted by molar-refractivity contribution is 0.1000. The number of ether oxygens (including phenoxy) is 1. The van der Waals surface area contributed by atoms with Gasteiger partial charge in [0.1, 0.15) is 18.2 Å². The van der Waals surface area contributed by atoms with Crippen LogP contribution in [-0.4, -0.2) is 36.5 Å². The van der Waals surface area contributed by atoms with Gasteiger partial charge >= 0.3 is 0 Å². The minimum atomic E-state index is -0.570. The molecule has 2 aromatic rings. The zero-order valence-electron chi connectivity index (χ0n) is 11.9. The van der Waals surface area contributed by atoms with Gasteiger partial charge in [-0.05, 0) is 36.1 Å². The minimum Gasteiger partial charge on any atom is -0.491 e. The Hall–Kier alpha value is -1.51. The van der Waals surface area contributed by atoms with Crippen LogP contribution >= 0.6 is 27.3 Å². The van der Waals surface area contributed by atoms with E-state index in [0.717, 1.165) is 4.88 Å². The molecule has 0 saturated carbocycles. The van der Waals surface area contributed by atoms with E-state index < -0.39 is 11.7 Å². The summed E-state index contributed by atoms with van der Waals surface area (Å²) in [5.74, 6) is -0.569. The van der Waals surface area contributed by atoms with Crippen LogP contribution in [0.3, 0.4) is 0 Å². The van der Waals surface area contributed by atoms with Gasteiger partial charge < -0.3 is 10.5 Å². The molecule has 1 unspecified atom stereocenters. The smallest absolute Gasteiger partial charge is 0.277 e. The summed E-state index contributed by atoms with van der Waals surface area (Å²) in [5.41, 5.74) is 6.62. The fourth-order valence-electron chi connectivity index (χ4n) is 2.32. The Labute approximate surface area is 139 Å². The van der Waals surface area contributed by atoms with Gasteiger partial charge in [-0.2, -0.15) is 0 Å². The van der Waals surface area contributed by atoms with Gasteiger partial charge in [0.2, 0.25) is 0 Å². The van der Waals surface area contributed by atoms with Gasteiger partial charge in [-0.3, -0.25) is 9.69 Å². The molecule has 1 atom stereocenters. The third-order valence-corrected chi connectivity index (χ3v) is 5.24. The number of benzene rings is 1. The number of aromatic nitrogens is 1. The maximum atomic E-state index is 13.8. The van der Waals surface area contributed by atoms with Gasteiger partial charge in [-0.1, -0.05) is 0 Å². The number of likely N-dealkylation sites (N-methyl/N-ethyl adjacent to an activating group) is 1. The Balaban J connectivity index is 2.26. The van der Waals surface area contributed by atoms with E-state index in [-0.39, 0.29) is 11.0 Å². The van der Waals surface area contributed by atoms with Crippen molar-refractivity contribution in [3.63, 3.8) is 0 Å². The van der Waals surface area contributed by atoms with Crippen molar-refractivity contribution in [1.82, 2.24) is 9.88 Å². The van der Waals surface area contributed by atoms with Crippen molar-refractivity contribution < 1.29 is 13.9 Å². The molecule has 8 heteroatoms. The van der Waals surface area contributed by atoms with Crippen LogP contribution in [0.2, 0.25) is 0 Å². The van der Waals surface area contributed by atoms with Crippen LogP contribution in [-0.2, 0) is 0 Å². The molecule has 0 spiro atoms. The number of halogens is 2. The van der Waals surface area contributed by atoms with Gasteiger partial charge in [0.05, 0.1) is 21.1 Å². The van der Waals surface area contributed by atoms with E-state index in [0.29, 0.717) is 28.1 Å². The number of carbonyl (C=O) groups excluding carboxylic acids is 1. The number of nitrogens with two attached hydrogens (primary N) is 1. The molecule has 2 N–H and O–H groups in total. The van der Waals surface area contributed by atoms with Crippen LogP contribution in [0.25, 0.3) is 11.3 Å². The zero-order valence-corrected chi connectivity index (χ0v) is 14.3. The van der Waals surface area contributed by atoms with Crippen molar-refractivity contribution in [2.45, 2.75) is 6.04 Å². The quantitative estimate of drug-likeness (QED) is 0.862. The third-order valence-electron chi connectivity index (χ3n) is 3.46. The highest BCUT2D eigenvalue weighted by atomic mass is 79.9. The molecule has 1 aromatic carbocycles. The molecular formula is C14H13BrFN3O2S. The van der Waals surface area contributed by atoms with E-state index in [4.69, 9.17) is 10.5 Å². The molecule has 116 valence electrons. The Morgan fingerprint density at radius 3 is 2.91 bits per heavy atom. The maximum Gasteiger partial charge on any atom is 0.277 e. The fraction of sp³-hybridized carbons (Fsp3) is 0.286. The molecule has 2 heterocycles. The van der Waals surface area contributed by atoms with Crippen molar-refractivity contribution in [3.05, 3.63) is 32.3 Å². The number of hydrogen-bond donors (Lipinski definition) is 1. The van der Waals surface area contributed by atoms with Crippen LogP contribution < -0.4 is 10.5 Å². The second-order valence-electron chi connectivity index (χ2n) is 5.15. The summed E-state index contributed by atoms with van der Waals surface area (Å²) in [6.45, 7) is 0.342. The van der Waals surface area contributed by atoms with E-state index in [1.54, 1.807) is 6.07 Å². The van der Waals surface area contributed by atoms with E-state index in [1.807, 2.05) is 19.0 Å². The summed E-state index contributed by atoms with van der Waals surface area (Å²) in [6.07, 6.45) is 0.